The summed E-state index contributed by atoms with van der Waals surface area (Å²) >= 11 is 24.7. The number of carbonyl (C=O) groups is 2. The zero-order chi connectivity index (χ0) is 26.7. The minimum absolute atomic E-state index is 0.116. The van der Waals surface area contributed by atoms with E-state index >= 15 is 0 Å². The molecular formula is C23H27Cl4N3O4S. The Bertz CT molecular complexity index is 1200. The first-order valence-electron chi connectivity index (χ1n) is 10.5. The molecule has 0 heterocycles. The number of halogens is 4. The Labute approximate surface area is 226 Å². The quantitative estimate of drug-likeness (QED) is 0.451. The molecule has 0 aliphatic heterocycles. The summed E-state index contributed by atoms with van der Waals surface area (Å²) in [6.45, 7) is 6.27. The van der Waals surface area contributed by atoms with Gasteiger partial charge in [0.1, 0.15) is 12.6 Å². The number of amides is 2. The second kappa shape index (κ2) is 11.6. The van der Waals surface area contributed by atoms with Crippen molar-refractivity contribution < 1.29 is 18.0 Å². The lowest BCUT2D eigenvalue weighted by Crippen LogP contribution is -2.54. The van der Waals surface area contributed by atoms with Gasteiger partial charge >= 0.3 is 0 Å². The Morgan fingerprint density at radius 2 is 1.54 bits per heavy atom. The van der Waals surface area contributed by atoms with Gasteiger partial charge in [-0.15, -0.1) is 0 Å². The number of nitrogens with one attached hydrogen (secondary N) is 1. The van der Waals surface area contributed by atoms with Gasteiger partial charge in [0.05, 0.1) is 22.0 Å². The summed E-state index contributed by atoms with van der Waals surface area (Å²) in [6, 6.07) is 8.14. The lowest BCUT2D eigenvalue weighted by molar-refractivity contribution is -0.140. The zero-order valence-corrected chi connectivity index (χ0v) is 23.7. The Hall–Kier alpha value is -1.71. The third kappa shape index (κ3) is 8.15. The summed E-state index contributed by atoms with van der Waals surface area (Å²) < 4.78 is 26.1. The molecule has 1 atom stereocenters. The molecule has 2 rings (SSSR count). The van der Waals surface area contributed by atoms with Gasteiger partial charge in [-0.1, -0.05) is 52.5 Å². The monoisotopic (exact) mass is 581 g/mol. The Morgan fingerprint density at radius 3 is 2.03 bits per heavy atom. The van der Waals surface area contributed by atoms with E-state index in [2.05, 4.69) is 5.32 Å². The van der Waals surface area contributed by atoms with E-state index in [0.717, 1.165) is 10.6 Å². The van der Waals surface area contributed by atoms with Crippen LogP contribution in [0.5, 0.6) is 0 Å². The fraction of sp³-hybridized carbons (Fsp3) is 0.391. The highest BCUT2D eigenvalue weighted by Crippen LogP contribution is 2.30. The van der Waals surface area contributed by atoms with E-state index in [-0.39, 0.29) is 22.3 Å². The topological polar surface area (TPSA) is 86.8 Å². The van der Waals surface area contributed by atoms with Crippen molar-refractivity contribution in [1.82, 2.24) is 10.2 Å². The molecule has 0 aliphatic rings. The number of rotatable bonds is 8. The van der Waals surface area contributed by atoms with Crippen LogP contribution in [0, 0.1) is 0 Å². The fourth-order valence-electron chi connectivity index (χ4n) is 3.16. The third-order valence-electron chi connectivity index (χ3n) is 4.93. The van der Waals surface area contributed by atoms with Crippen molar-refractivity contribution in [2.45, 2.75) is 45.8 Å². The van der Waals surface area contributed by atoms with Crippen molar-refractivity contribution in [2.75, 3.05) is 17.1 Å². The number of hydrogen-bond acceptors (Lipinski definition) is 4. The second-order valence-electron chi connectivity index (χ2n) is 9.01. The van der Waals surface area contributed by atoms with Gasteiger partial charge in [-0.05, 0) is 58.0 Å². The van der Waals surface area contributed by atoms with E-state index in [1.165, 1.54) is 23.1 Å². The molecule has 0 aromatic heterocycles. The molecule has 0 spiro atoms. The van der Waals surface area contributed by atoms with E-state index in [9.17, 15) is 18.0 Å². The molecule has 0 fully saturated rings. The maximum atomic E-state index is 13.6. The SMILES string of the molecule is C[C@H](C(=O)NC(C)(C)C)N(Cc1c(Cl)cccc1Cl)C(=O)CN(c1ccc(Cl)c(Cl)c1)S(C)(=O)=O. The molecule has 0 saturated carbocycles. The summed E-state index contributed by atoms with van der Waals surface area (Å²) in [5, 5.41) is 3.81. The molecule has 0 aliphatic carbocycles. The number of carbonyl (C=O) groups excluding carboxylic acids is 2. The van der Waals surface area contributed by atoms with Crippen LogP contribution in [-0.2, 0) is 26.2 Å². The van der Waals surface area contributed by atoms with Crippen molar-refractivity contribution in [1.29, 1.82) is 0 Å². The Kier molecular flexibility index (Phi) is 9.75. The predicted octanol–water partition coefficient (Wildman–Crippen LogP) is 5.40. The van der Waals surface area contributed by atoms with Gasteiger partial charge in [0.25, 0.3) is 0 Å². The van der Waals surface area contributed by atoms with Gasteiger partial charge in [0.2, 0.25) is 21.8 Å². The highest BCUT2D eigenvalue weighted by atomic mass is 35.5. The molecule has 12 heteroatoms. The molecule has 0 saturated heterocycles. The molecule has 2 aromatic carbocycles. The molecule has 2 aromatic rings. The molecule has 2 amide bonds. The number of sulfonamides is 1. The number of benzene rings is 2. The van der Waals surface area contributed by atoms with E-state index in [4.69, 9.17) is 46.4 Å². The van der Waals surface area contributed by atoms with Crippen molar-refractivity contribution in [3.63, 3.8) is 0 Å². The molecule has 0 radical (unpaired) electrons. The first-order chi connectivity index (χ1) is 16.0. The Morgan fingerprint density at radius 1 is 0.971 bits per heavy atom. The largest absolute Gasteiger partial charge is 0.350 e. The normalized spacial score (nSPS) is 12.7. The van der Waals surface area contributed by atoms with Crippen molar-refractivity contribution in [3.8, 4) is 0 Å². The molecule has 35 heavy (non-hydrogen) atoms. The van der Waals surface area contributed by atoms with Gasteiger partial charge in [-0.3, -0.25) is 13.9 Å². The number of anilines is 1. The molecule has 0 unspecified atom stereocenters. The molecule has 0 bridgehead atoms. The van der Waals surface area contributed by atoms with Crippen LogP contribution in [-0.4, -0.2) is 49.5 Å². The van der Waals surface area contributed by atoms with Crippen LogP contribution in [0.1, 0.15) is 33.3 Å². The molecule has 192 valence electrons. The van der Waals surface area contributed by atoms with Crippen molar-refractivity contribution in [2.24, 2.45) is 0 Å². The summed E-state index contributed by atoms with van der Waals surface area (Å²) in [4.78, 5) is 27.8. The zero-order valence-electron chi connectivity index (χ0n) is 19.9. The molecule has 1 N–H and O–H groups in total. The minimum atomic E-state index is -3.91. The van der Waals surface area contributed by atoms with Gasteiger partial charge in [0, 0.05) is 27.7 Å². The summed E-state index contributed by atoms with van der Waals surface area (Å²) in [6.07, 6.45) is 0.966. The van der Waals surface area contributed by atoms with Crippen LogP contribution in [0.3, 0.4) is 0 Å². The molecule has 7 nitrogen and oxygen atoms in total. The van der Waals surface area contributed by atoms with Gasteiger partial charge in [0.15, 0.2) is 0 Å². The minimum Gasteiger partial charge on any atom is -0.350 e. The highest BCUT2D eigenvalue weighted by molar-refractivity contribution is 7.92. The summed E-state index contributed by atoms with van der Waals surface area (Å²) in [5.74, 6) is -1.07. The van der Waals surface area contributed by atoms with E-state index in [0.29, 0.717) is 15.6 Å². The second-order valence-corrected chi connectivity index (χ2v) is 12.5. The van der Waals surface area contributed by atoms with Gasteiger partial charge < -0.3 is 10.2 Å². The maximum Gasteiger partial charge on any atom is 0.244 e. The summed E-state index contributed by atoms with van der Waals surface area (Å²) in [7, 11) is -3.91. The van der Waals surface area contributed by atoms with Crippen LogP contribution in [0.2, 0.25) is 20.1 Å². The fourth-order valence-corrected chi connectivity index (χ4v) is 4.82. The lowest BCUT2D eigenvalue weighted by atomic mass is 10.1. The molecular weight excluding hydrogens is 556 g/mol. The number of nitrogens with zero attached hydrogens (tertiary/aromatic N) is 2. The third-order valence-corrected chi connectivity index (χ3v) is 7.51. The first-order valence-corrected chi connectivity index (χ1v) is 13.8. The van der Waals surface area contributed by atoms with Crippen molar-refractivity contribution in [3.05, 3.63) is 62.1 Å². The van der Waals surface area contributed by atoms with E-state index in [1.807, 2.05) is 20.8 Å². The maximum absolute atomic E-state index is 13.6. The average molecular weight is 583 g/mol. The van der Waals surface area contributed by atoms with Crippen molar-refractivity contribution >= 4 is 73.9 Å². The average Bonchev–Trinajstić information content (AvgIpc) is 2.71. The van der Waals surface area contributed by atoms with Gasteiger partial charge in [-0.2, -0.15) is 0 Å². The van der Waals surface area contributed by atoms with Crippen LogP contribution in [0.4, 0.5) is 5.69 Å². The van der Waals surface area contributed by atoms with E-state index < -0.39 is 40.0 Å². The summed E-state index contributed by atoms with van der Waals surface area (Å²) in [5.41, 5.74) is 0.0267. The van der Waals surface area contributed by atoms with E-state index in [1.54, 1.807) is 25.1 Å². The highest BCUT2D eigenvalue weighted by Gasteiger charge is 2.32. The van der Waals surface area contributed by atoms with Crippen LogP contribution >= 0.6 is 46.4 Å². The first kappa shape index (κ1) is 29.5. The lowest BCUT2D eigenvalue weighted by Gasteiger charge is -2.33. The van der Waals surface area contributed by atoms with Crippen LogP contribution in [0.25, 0.3) is 0 Å². The Balaban J connectivity index is 2.49. The smallest absolute Gasteiger partial charge is 0.244 e. The van der Waals surface area contributed by atoms with Gasteiger partial charge in [-0.25, -0.2) is 8.42 Å². The van der Waals surface area contributed by atoms with Crippen LogP contribution in [0.15, 0.2) is 36.4 Å². The number of hydrogen-bond donors (Lipinski definition) is 1. The van der Waals surface area contributed by atoms with Crippen LogP contribution < -0.4 is 9.62 Å². The predicted molar refractivity (Wildman–Crippen MR) is 143 cm³/mol. The standard InChI is InChI=1S/C23H27Cl4N3O4S/c1-14(22(32)28-23(2,3)4)29(12-16-17(24)7-6-8-18(16)25)21(31)13-30(35(5,33)34)15-9-10-19(26)20(27)11-15/h6-11,14H,12-13H2,1-5H3,(H,28,32)/t14-/m1/s1.